The van der Waals surface area contributed by atoms with Gasteiger partial charge in [-0.2, -0.15) is 23.5 Å². The smallest absolute Gasteiger partial charge is 0.265 e. The Balaban J connectivity index is 1.40. The van der Waals surface area contributed by atoms with Gasteiger partial charge in [-0.05, 0) is 24.6 Å². The van der Waals surface area contributed by atoms with E-state index in [-0.39, 0.29) is 35.7 Å². The van der Waals surface area contributed by atoms with E-state index >= 15 is 0 Å². The molecule has 36 heavy (non-hydrogen) atoms. The van der Waals surface area contributed by atoms with Crippen LogP contribution >= 0.6 is 59.3 Å². The van der Waals surface area contributed by atoms with Crippen LogP contribution in [0.15, 0.2) is 51.8 Å². The van der Waals surface area contributed by atoms with E-state index in [4.69, 9.17) is 17.0 Å². The molecule has 3 heterocycles. The van der Waals surface area contributed by atoms with Gasteiger partial charge >= 0.3 is 0 Å². The second-order valence-corrected chi connectivity index (χ2v) is 14.1. The molecule has 0 saturated carbocycles. The van der Waals surface area contributed by atoms with Crippen LogP contribution in [0.25, 0.3) is 0 Å². The number of carbonyl (C=O) groups is 2. The second-order valence-electron chi connectivity index (χ2n) is 9.20. The summed E-state index contributed by atoms with van der Waals surface area (Å²) < 4.78 is 6.60. The number of hydrogen-bond donors (Lipinski definition) is 0. The molecule has 3 aliphatic rings. The Morgan fingerprint density at radius 3 is 2.61 bits per heavy atom. The zero-order valence-electron chi connectivity index (χ0n) is 20.9. The maximum absolute atomic E-state index is 12.8. The highest BCUT2D eigenvalue weighted by atomic mass is 32.2. The highest BCUT2D eigenvalue weighted by Gasteiger charge is 2.38. The molecule has 2 atom stereocenters. The van der Waals surface area contributed by atoms with Gasteiger partial charge in [0.25, 0.3) is 5.91 Å². The largest absolute Gasteiger partial charge is 0.369 e. The van der Waals surface area contributed by atoms with Crippen LogP contribution < -0.4 is 4.90 Å². The number of likely N-dealkylation sites (N-methyl/N-ethyl adjacent to an activating group) is 1. The van der Waals surface area contributed by atoms with Crippen LogP contribution in [0.4, 0.5) is 5.69 Å². The number of rotatable bonds is 8. The first-order valence-corrected chi connectivity index (χ1v) is 16.4. The molecular weight excluding hydrogens is 549 g/mol. The average molecular weight is 581 g/mol. The SMILES string of the molecule is C=C1CSCC(OCC(=O)CCN2c3ccccc3SC2C(C)C(C)=C2SC(=S)N(C)C2=O)CSC1. The van der Waals surface area contributed by atoms with E-state index < -0.39 is 0 Å². The standard InChI is InChI=1S/C26H32N2O3S5/c1-16-12-33-14-20(15-34-13-16)31-11-19(29)9-10-28-21-7-5-6-8-22(21)35-25(28)18(3)17(2)23-24(30)27(4)26(32)36-23/h5-8,18,20,25H,1,9-15H2,2-4H3. The lowest BCUT2D eigenvalue weighted by Crippen LogP contribution is -2.37. The average Bonchev–Trinajstić information content (AvgIpc) is 3.35. The van der Waals surface area contributed by atoms with E-state index in [2.05, 4.69) is 30.5 Å². The summed E-state index contributed by atoms with van der Waals surface area (Å²) in [6.07, 6.45) is 0.533. The minimum Gasteiger partial charge on any atom is -0.369 e. The first kappa shape index (κ1) is 28.1. The number of anilines is 1. The van der Waals surface area contributed by atoms with E-state index in [9.17, 15) is 9.59 Å². The van der Waals surface area contributed by atoms with E-state index in [1.165, 1.54) is 22.2 Å². The monoisotopic (exact) mass is 580 g/mol. The summed E-state index contributed by atoms with van der Waals surface area (Å²) in [7, 11) is 1.73. The Hall–Kier alpha value is -0.910. The van der Waals surface area contributed by atoms with Crippen LogP contribution in [-0.4, -0.2) is 75.6 Å². The lowest BCUT2D eigenvalue weighted by Gasteiger charge is -2.32. The number of thioether (sulfide) groups is 4. The van der Waals surface area contributed by atoms with E-state index in [0.29, 0.717) is 17.3 Å². The van der Waals surface area contributed by atoms with E-state index in [1.807, 2.05) is 42.6 Å². The molecule has 194 valence electrons. The molecule has 0 aliphatic carbocycles. The molecule has 0 spiro atoms. The molecule has 10 heteroatoms. The summed E-state index contributed by atoms with van der Waals surface area (Å²) in [5.74, 6) is 3.94. The zero-order valence-corrected chi connectivity index (χ0v) is 24.9. The van der Waals surface area contributed by atoms with E-state index in [0.717, 1.165) is 39.2 Å². The van der Waals surface area contributed by atoms with Crippen LogP contribution in [0.5, 0.6) is 0 Å². The Morgan fingerprint density at radius 1 is 1.25 bits per heavy atom. The molecule has 0 N–H and O–H groups in total. The van der Waals surface area contributed by atoms with Crippen molar-refractivity contribution >= 4 is 81.0 Å². The van der Waals surface area contributed by atoms with Crippen molar-refractivity contribution in [2.45, 2.75) is 36.6 Å². The maximum Gasteiger partial charge on any atom is 0.265 e. The predicted molar refractivity (Wildman–Crippen MR) is 161 cm³/mol. The maximum atomic E-state index is 12.8. The van der Waals surface area contributed by atoms with Gasteiger partial charge in [0.2, 0.25) is 0 Å². The molecule has 2 fully saturated rings. The Labute approximate surface area is 236 Å². The van der Waals surface area contributed by atoms with Gasteiger partial charge in [-0.25, -0.2) is 0 Å². The third-order valence-corrected chi connectivity index (χ3v) is 12.1. The number of fused-ring (bicyclic) bond motifs is 1. The van der Waals surface area contributed by atoms with Gasteiger partial charge in [0.1, 0.15) is 10.9 Å². The van der Waals surface area contributed by atoms with Gasteiger partial charge in [0.05, 0.1) is 22.1 Å². The number of hydrogen-bond acceptors (Lipinski definition) is 9. The molecule has 0 radical (unpaired) electrons. The molecule has 1 aromatic rings. The third kappa shape index (κ3) is 6.56. The molecule has 2 unspecified atom stereocenters. The fourth-order valence-corrected chi connectivity index (χ4v) is 9.26. The fraction of sp³-hybridized carbons (Fsp3) is 0.500. The fourth-order valence-electron chi connectivity index (χ4n) is 4.23. The lowest BCUT2D eigenvalue weighted by atomic mass is 10.00. The van der Waals surface area contributed by atoms with Crippen molar-refractivity contribution in [1.82, 2.24) is 4.90 Å². The first-order chi connectivity index (χ1) is 17.3. The summed E-state index contributed by atoms with van der Waals surface area (Å²) in [5.41, 5.74) is 3.46. The summed E-state index contributed by atoms with van der Waals surface area (Å²) in [5, 5.41) is 0.100. The molecule has 0 aromatic heterocycles. The van der Waals surface area contributed by atoms with E-state index in [1.54, 1.807) is 23.7 Å². The zero-order chi connectivity index (χ0) is 25.8. The molecule has 1 amide bonds. The molecular formula is C26H32N2O3S5. The molecule has 3 aliphatic heterocycles. The number of amides is 1. The van der Waals surface area contributed by atoms with Gasteiger partial charge in [-0.1, -0.05) is 67.0 Å². The summed E-state index contributed by atoms with van der Waals surface area (Å²) in [6.45, 7) is 9.07. The number of para-hydroxylation sites is 1. The van der Waals surface area contributed by atoms with Gasteiger partial charge in [-0.3, -0.25) is 14.5 Å². The molecule has 2 saturated heterocycles. The third-order valence-electron chi connectivity index (χ3n) is 6.49. The Kier molecular flexibility index (Phi) is 9.96. The first-order valence-electron chi connectivity index (χ1n) is 11.9. The number of carbonyl (C=O) groups excluding carboxylic acids is 2. The molecule has 1 aromatic carbocycles. The highest BCUT2D eigenvalue weighted by molar-refractivity contribution is 8.26. The van der Waals surface area contributed by atoms with Crippen molar-refractivity contribution < 1.29 is 14.3 Å². The normalized spacial score (nSPS) is 23.5. The quantitative estimate of drug-likeness (QED) is 0.219. The van der Waals surface area contributed by atoms with Gasteiger partial charge < -0.3 is 9.64 Å². The van der Waals surface area contributed by atoms with Crippen LogP contribution in [0.2, 0.25) is 0 Å². The summed E-state index contributed by atoms with van der Waals surface area (Å²) in [4.78, 5) is 31.4. The molecule has 5 nitrogen and oxygen atoms in total. The van der Waals surface area contributed by atoms with Gasteiger partial charge in [0.15, 0.2) is 5.78 Å². The minimum atomic E-state index is -0.0244. The second kappa shape index (κ2) is 12.8. The van der Waals surface area contributed by atoms with Crippen molar-refractivity contribution in [3.63, 3.8) is 0 Å². The number of thiocarbonyl (C=S) groups is 1. The number of Topliss-reactive ketones (excluding diaryl/α,β-unsaturated/α-hetero) is 1. The molecule has 0 bridgehead atoms. The van der Waals surface area contributed by atoms with Crippen LogP contribution in [0.3, 0.4) is 0 Å². The highest BCUT2D eigenvalue weighted by Crippen LogP contribution is 2.48. The van der Waals surface area contributed by atoms with Crippen molar-refractivity contribution in [1.29, 1.82) is 0 Å². The number of ether oxygens (including phenoxy) is 1. The van der Waals surface area contributed by atoms with Gasteiger partial charge in [0, 0.05) is 53.8 Å². The number of benzene rings is 1. The Morgan fingerprint density at radius 2 is 1.94 bits per heavy atom. The molecule has 4 rings (SSSR count). The van der Waals surface area contributed by atoms with Crippen LogP contribution in [0, 0.1) is 5.92 Å². The van der Waals surface area contributed by atoms with Crippen molar-refractivity contribution in [3.8, 4) is 0 Å². The lowest BCUT2D eigenvalue weighted by molar-refractivity contribution is -0.124. The topological polar surface area (TPSA) is 49.9 Å². The van der Waals surface area contributed by atoms with Crippen molar-refractivity contribution in [2.75, 3.05) is 48.1 Å². The summed E-state index contributed by atoms with van der Waals surface area (Å²) in [6, 6.07) is 8.33. The van der Waals surface area contributed by atoms with Crippen LogP contribution in [-0.2, 0) is 14.3 Å². The Bertz CT molecular complexity index is 1060. The number of ketones is 1. The number of nitrogens with zero attached hydrogens (tertiary/aromatic N) is 2. The predicted octanol–water partition coefficient (Wildman–Crippen LogP) is 5.71. The summed E-state index contributed by atoms with van der Waals surface area (Å²) >= 11 is 12.2. The minimum absolute atomic E-state index is 0.0244. The van der Waals surface area contributed by atoms with Crippen LogP contribution in [0.1, 0.15) is 20.3 Å². The van der Waals surface area contributed by atoms with Crippen molar-refractivity contribution in [2.24, 2.45) is 5.92 Å². The van der Waals surface area contributed by atoms with Crippen molar-refractivity contribution in [3.05, 3.63) is 46.9 Å². The van der Waals surface area contributed by atoms with Gasteiger partial charge in [-0.15, -0.1) is 0 Å².